The van der Waals surface area contributed by atoms with Gasteiger partial charge in [-0.2, -0.15) is 0 Å². The number of benzene rings is 10. The molecule has 0 unspecified atom stereocenters. The van der Waals surface area contributed by atoms with E-state index in [1.54, 1.807) is 0 Å². The van der Waals surface area contributed by atoms with Crippen molar-refractivity contribution in [1.29, 1.82) is 0 Å². The minimum atomic E-state index is 0.656. The summed E-state index contributed by atoms with van der Waals surface area (Å²) in [7, 11) is 0. The van der Waals surface area contributed by atoms with Crippen LogP contribution in [0.4, 0.5) is 0 Å². The van der Waals surface area contributed by atoms with Crippen LogP contribution in [0.2, 0.25) is 0 Å². The first-order valence-corrected chi connectivity index (χ1v) is 28.8. The molecule has 0 aliphatic heterocycles. The molecule has 0 N–H and O–H groups in total. The normalized spacial score (nSPS) is 11.5. The van der Waals surface area contributed by atoms with E-state index in [1.807, 2.05) is 79.1 Å². The van der Waals surface area contributed by atoms with Gasteiger partial charge in [-0.25, -0.2) is 29.9 Å². The molecule has 10 aromatic carbocycles. The Morgan fingerprint density at radius 1 is 0.221 bits per heavy atom. The van der Waals surface area contributed by atoms with Crippen LogP contribution in [0.5, 0.6) is 0 Å². The summed E-state index contributed by atoms with van der Waals surface area (Å²) in [6.45, 7) is 0. The number of hydrogen-bond donors (Lipinski definition) is 0. The van der Waals surface area contributed by atoms with Crippen molar-refractivity contribution in [3.63, 3.8) is 0 Å². The number of hydrogen-bond acceptors (Lipinski definition) is 6. The molecule has 8 heteroatoms. The van der Waals surface area contributed by atoms with Crippen molar-refractivity contribution in [2.75, 3.05) is 0 Å². The van der Waals surface area contributed by atoms with Gasteiger partial charge in [-0.15, -0.1) is 0 Å². The van der Waals surface area contributed by atoms with Gasteiger partial charge in [0.1, 0.15) is 0 Å². The Balaban J connectivity index is 0.730. The van der Waals surface area contributed by atoms with E-state index in [2.05, 4.69) is 234 Å². The van der Waals surface area contributed by atoms with Crippen molar-refractivity contribution in [2.45, 2.75) is 0 Å². The second-order valence-electron chi connectivity index (χ2n) is 21.5. The zero-order valence-electron chi connectivity index (χ0n) is 46.4. The van der Waals surface area contributed by atoms with Crippen LogP contribution >= 0.6 is 0 Å². The monoisotopic (exact) mass is 1100 g/mol. The third-order valence-corrected chi connectivity index (χ3v) is 16.3. The first-order chi connectivity index (χ1) is 42.6. The lowest BCUT2D eigenvalue weighted by molar-refractivity contribution is 1.15. The number of pyridine rings is 2. The second kappa shape index (κ2) is 21.2. The fourth-order valence-electron chi connectivity index (χ4n) is 12.2. The minimum Gasteiger partial charge on any atom is -0.309 e. The molecule has 6 heterocycles. The van der Waals surface area contributed by atoms with E-state index in [0.29, 0.717) is 11.6 Å². The van der Waals surface area contributed by atoms with Crippen molar-refractivity contribution >= 4 is 43.6 Å². The highest BCUT2D eigenvalue weighted by Gasteiger charge is 2.20. The van der Waals surface area contributed by atoms with E-state index >= 15 is 0 Å². The Kier molecular flexibility index (Phi) is 12.3. The lowest BCUT2D eigenvalue weighted by Crippen LogP contribution is -1.98. The molecule has 0 radical (unpaired) electrons. The van der Waals surface area contributed by atoms with Gasteiger partial charge >= 0.3 is 0 Å². The summed E-state index contributed by atoms with van der Waals surface area (Å²) in [5.74, 6) is 1.31. The Bertz CT molecular complexity index is 5100. The SMILES string of the molecule is c1ccc(-c2cc(-c3cnc(-c4cccc(-n5c6ccccc6c6ccccc65)c4)nc3)cc(-c3cccc(-c4cccc5c4c4ccccc4n5-c4ccc(-c5cccc(-c6cc(-c7ccccc7)nc(-c7ccccc7)n6)n5)cc4)c3)n2)cc1. The van der Waals surface area contributed by atoms with Gasteiger partial charge in [-0.1, -0.05) is 206 Å². The fourth-order valence-corrected chi connectivity index (χ4v) is 12.2. The molecule has 0 saturated carbocycles. The van der Waals surface area contributed by atoms with E-state index in [0.717, 1.165) is 123 Å². The second-order valence-corrected chi connectivity index (χ2v) is 21.5. The van der Waals surface area contributed by atoms with Crippen LogP contribution < -0.4 is 0 Å². The molecule has 16 rings (SSSR count). The van der Waals surface area contributed by atoms with Gasteiger partial charge in [0, 0.05) is 84.3 Å². The number of rotatable bonds is 11. The molecule has 0 fully saturated rings. The molecule has 16 aromatic rings. The van der Waals surface area contributed by atoms with Crippen molar-refractivity contribution in [3.05, 3.63) is 304 Å². The van der Waals surface area contributed by atoms with E-state index in [4.69, 9.17) is 29.9 Å². The average molecular weight is 1100 g/mol. The van der Waals surface area contributed by atoms with E-state index in [1.165, 1.54) is 21.5 Å². The standard InChI is InChI=1S/C78H50N8/c1-4-20-51(21-5-1)68-46-58(59-49-79-77(80-50-59)57-28-17-29-61(45-57)86-72-36-13-10-30-63(72)64-31-11-14-37-73(64)86)47-69(82-68)56-27-16-26-55(44-56)62-33-18-39-75-76(62)65-32-12-15-38-74(65)85(75)60-42-40-53(41-43-60)66-34-19-35-67(81-66)71-48-70(52-22-6-2-7-23-52)83-78(84-71)54-24-8-3-9-25-54/h1-50H. The van der Waals surface area contributed by atoms with E-state index in [9.17, 15) is 0 Å². The van der Waals surface area contributed by atoms with Crippen molar-refractivity contribution in [2.24, 2.45) is 0 Å². The van der Waals surface area contributed by atoms with Crippen LogP contribution in [-0.2, 0) is 0 Å². The highest BCUT2D eigenvalue weighted by molar-refractivity contribution is 6.16. The summed E-state index contributed by atoms with van der Waals surface area (Å²) < 4.78 is 4.69. The summed E-state index contributed by atoms with van der Waals surface area (Å²) in [6, 6.07) is 102. The molecular formula is C78H50N8. The van der Waals surface area contributed by atoms with Crippen molar-refractivity contribution < 1.29 is 0 Å². The maximum atomic E-state index is 5.35. The van der Waals surface area contributed by atoms with Gasteiger partial charge < -0.3 is 9.13 Å². The van der Waals surface area contributed by atoms with Gasteiger partial charge in [-0.3, -0.25) is 0 Å². The van der Waals surface area contributed by atoms with Crippen LogP contribution in [0.15, 0.2) is 304 Å². The molecule has 0 spiro atoms. The van der Waals surface area contributed by atoms with Crippen LogP contribution in [-0.4, -0.2) is 39.0 Å². The largest absolute Gasteiger partial charge is 0.309 e. The topological polar surface area (TPSA) is 87.2 Å². The highest BCUT2D eigenvalue weighted by Crippen LogP contribution is 2.41. The average Bonchev–Trinajstić information content (AvgIpc) is 2.63. The molecular weight excluding hydrogens is 1050 g/mol. The fraction of sp³-hybridized carbons (Fsp3) is 0. The Morgan fingerprint density at radius 3 is 1.40 bits per heavy atom. The van der Waals surface area contributed by atoms with Crippen LogP contribution in [0.3, 0.4) is 0 Å². The van der Waals surface area contributed by atoms with Gasteiger partial charge in [0.15, 0.2) is 11.6 Å². The molecule has 0 saturated heterocycles. The molecule has 6 aromatic heterocycles. The summed E-state index contributed by atoms with van der Waals surface area (Å²) in [5.41, 5.74) is 21.7. The number of aromatic nitrogens is 8. The molecule has 0 atom stereocenters. The summed E-state index contributed by atoms with van der Waals surface area (Å²) in [5, 5.41) is 4.80. The minimum absolute atomic E-state index is 0.656. The highest BCUT2D eigenvalue weighted by atomic mass is 15.0. The lowest BCUT2D eigenvalue weighted by Gasteiger charge is -2.13. The smallest absolute Gasteiger partial charge is 0.160 e. The predicted molar refractivity (Wildman–Crippen MR) is 351 cm³/mol. The number of nitrogens with zero attached hydrogens (tertiary/aromatic N) is 8. The van der Waals surface area contributed by atoms with Gasteiger partial charge in [-0.05, 0) is 102 Å². The number of para-hydroxylation sites is 3. The maximum absolute atomic E-state index is 5.35. The van der Waals surface area contributed by atoms with Gasteiger partial charge in [0.05, 0.1) is 56.2 Å². The summed E-state index contributed by atoms with van der Waals surface area (Å²) >= 11 is 0. The molecule has 0 aliphatic carbocycles. The molecule has 402 valence electrons. The molecule has 0 bridgehead atoms. The van der Waals surface area contributed by atoms with Gasteiger partial charge in [0.2, 0.25) is 0 Å². The summed E-state index contributed by atoms with van der Waals surface area (Å²) in [4.78, 5) is 30.7. The molecule has 0 amide bonds. The van der Waals surface area contributed by atoms with Gasteiger partial charge in [0.25, 0.3) is 0 Å². The number of fused-ring (bicyclic) bond motifs is 6. The first-order valence-electron chi connectivity index (χ1n) is 28.8. The quantitative estimate of drug-likeness (QED) is 0.128. The van der Waals surface area contributed by atoms with E-state index in [-0.39, 0.29) is 0 Å². The summed E-state index contributed by atoms with van der Waals surface area (Å²) in [6.07, 6.45) is 3.87. The third-order valence-electron chi connectivity index (χ3n) is 16.3. The lowest BCUT2D eigenvalue weighted by atomic mass is 9.96. The zero-order valence-corrected chi connectivity index (χ0v) is 46.4. The zero-order chi connectivity index (χ0) is 56.9. The Labute approximate surface area is 496 Å². The predicted octanol–water partition coefficient (Wildman–Crippen LogP) is 19.3. The molecule has 8 nitrogen and oxygen atoms in total. The maximum Gasteiger partial charge on any atom is 0.160 e. The third kappa shape index (κ3) is 9.06. The van der Waals surface area contributed by atoms with Crippen LogP contribution in [0, 0.1) is 0 Å². The molecule has 0 aliphatic rings. The van der Waals surface area contributed by atoms with Crippen molar-refractivity contribution in [1.82, 2.24) is 39.0 Å². The molecule has 86 heavy (non-hydrogen) atoms. The van der Waals surface area contributed by atoms with Crippen molar-refractivity contribution in [3.8, 4) is 113 Å². The van der Waals surface area contributed by atoms with Crippen LogP contribution in [0.25, 0.3) is 156 Å². The first kappa shape index (κ1) is 50.0. The van der Waals surface area contributed by atoms with E-state index < -0.39 is 0 Å². The Morgan fingerprint density at radius 2 is 0.698 bits per heavy atom. The Hall–Kier alpha value is -11.7. The van der Waals surface area contributed by atoms with Crippen LogP contribution in [0.1, 0.15) is 0 Å².